The van der Waals surface area contributed by atoms with Crippen LogP contribution in [0.25, 0.3) is 0 Å². The van der Waals surface area contributed by atoms with E-state index in [0.717, 1.165) is 18.4 Å². The zero-order valence-electron chi connectivity index (χ0n) is 20.1. The number of anilines is 2. The number of carbonyl (C=O) groups is 2. The molecule has 3 amide bonds. The molecular formula is C24H35N5O4S. The van der Waals surface area contributed by atoms with Gasteiger partial charge in [0.25, 0.3) is 0 Å². The van der Waals surface area contributed by atoms with Gasteiger partial charge in [-0.2, -0.15) is 4.31 Å². The zero-order chi connectivity index (χ0) is 25.0. The lowest BCUT2D eigenvalue weighted by molar-refractivity contribution is -0.118. The Balaban J connectivity index is 2.06. The Labute approximate surface area is 202 Å². The second-order valence-electron chi connectivity index (χ2n) is 7.65. The Bertz CT molecular complexity index is 1040. The van der Waals surface area contributed by atoms with Crippen LogP contribution in [0.15, 0.2) is 53.4 Å². The van der Waals surface area contributed by atoms with Crippen molar-refractivity contribution in [3.63, 3.8) is 0 Å². The van der Waals surface area contributed by atoms with E-state index in [1.54, 1.807) is 26.0 Å². The summed E-state index contributed by atoms with van der Waals surface area (Å²) in [6.45, 7) is 7.18. The van der Waals surface area contributed by atoms with Gasteiger partial charge in [-0.25, -0.2) is 13.2 Å². The van der Waals surface area contributed by atoms with Gasteiger partial charge in [-0.05, 0) is 30.2 Å². The van der Waals surface area contributed by atoms with E-state index in [0.29, 0.717) is 37.6 Å². The smallest absolute Gasteiger partial charge is 0.321 e. The van der Waals surface area contributed by atoms with E-state index in [2.05, 4.69) is 28.2 Å². The normalized spacial score (nSPS) is 11.2. The van der Waals surface area contributed by atoms with Gasteiger partial charge >= 0.3 is 6.03 Å². The van der Waals surface area contributed by atoms with Crippen molar-refractivity contribution < 1.29 is 18.0 Å². The van der Waals surface area contributed by atoms with E-state index in [9.17, 15) is 18.0 Å². The molecule has 2 aromatic carbocycles. The first kappa shape index (κ1) is 27.1. The van der Waals surface area contributed by atoms with Crippen molar-refractivity contribution in [3.05, 3.63) is 54.1 Å². The molecular weight excluding hydrogens is 454 g/mol. The van der Waals surface area contributed by atoms with E-state index < -0.39 is 22.0 Å². The third-order valence-corrected chi connectivity index (χ3v) is 7.21. The molecule has 10 heteroatoms. The molecule has 34 heavy (non-hydrogen) atoms. The molecule has 0 aromatic heterocycles. The topological polar surface area (TPSA) is 120 Å². The van der Waals surface area contributed by atoms with Gasteiger partial charge in [0.1, 0.15) is 0 Å². The molecule has 0 heterocycles. The number of imide groups is 1. The molecule has 0 spiro atoms. The molecule has 2 rings (SSSR count). The molecule has 0 saturated heterocycles. The van der Waals surface area contributed by atoms with E-state index >= 15 is 0 Å². The highest BCUT2D eigenvalue weighted by atomic mass is 32.2. The number of benzene rings is 2. The highest BCUT2D eigenvalue weighted by Gasteiger charge is 2.23. The van der Waals surface area contributed by atoms with Crippen molar-refractivity contribution >= 4 is 33.3 Å². The fourth-order valence-electron chi connectivity index (χ4n) is 3.27. The molecule has 0 bridgehead atoms. The maximum atomic E-state index is 12.9. The number of amides is 3. The highest BCUT2D eigenvalue weighted by molar-refractivity contribution is 7.89. The Morgan fingerprint density at radius 3 is 2.26 bits per heavy atom. The molecule has 0 radical (unpaired) electrons. The van der Waals surface area contributed by atoms with Crippen LogP contribution in [0.5, 0.6) is 0 Å². The average Bonchev–Trinajstić information content (AvgIpc) is 2.83. The summed E-state index contributed by atoms with van der Waals surface area (Å²) in [5.74, 6) is -0.540. The maximum Gasteiger partial charge on any atom is 0.321 e. The zero-order valence-corrected chi connectivity index (χ0v) is 20.9. The van der Waals surface area contributed by atoms with Crippen molar-refractivity contribution in [2.24, 2.45) is 0 Å². The van der Waals surface area contributed by atoms with E-state index in [1.165, 1.54) is 10.4 Å². The van der Waals surface area contributed by atoms with E-state index in [-0.39, 0.29) is 11.4 Å². The minimum absolute atomic E-state index is 0.140. The van der Waals surface area contributed by atoms with Gasteiger partial charge in [-0.1, -0.05) is 57.5 Å². The van der Waals surface area contributed by atoms with Crippen molar-refractivity contribution in [2.75, 3.05) is 36.8 Å². The molecule has 0 saturated carbocycles. The standard InChI is InChI=1S/C24H35N5O4S/c1-4-7-15-25-21-14-13-20(34(32,33)29(5-2)6-3)16-22(21)26-18-23(30)28-24(31)27-17-19-11-9-8-10-12-19/h8-14,16,25-26H,4-7,15,17-18H2,1-3H3,(H2,27,28,30,31). The molecule has 0 unspecified atom stereocenters. The number of hydrogen-bond acceptors (Lipinski definition) is 6. The number of hydrogen-bond donors (Lipinski definition) is 4. The van der Waals surface area contributed by atoms with Gasteiger partial charge in [0.05, 0.1) is 22.8 Å². The van der Waals surface area contributed by atoms with Gasteiger partial charge in [0.15, 0.2) is 0 Å². The number of nitrogens with zero attached hydrogens (tertiary/aromatic N) is 1. The molecule has 0 aliphatic heterocycles. The van der Waals surface area contributed by atoms with Gasteiger partial charge in [0.2, 0.25) is 15.9 Å². The van der Waals surface area contributed by atoms with E-state index in [1.807, 2.05) is 30.3 Å². The molecule has 0 atom stereocenters. The summed E-state index contributed by atoms with van der Waals surface area (Å²) in [6, 6.07) is 13.5. The van der Waals surface area contributed by atoms with Crippen LogP contribution in [-0.2, 0) is 21.4 Å². The van der Waals surface area contributed by atoms with Crippen LogP contribution in [0.2, 0.25) is 0 Å². The van der Waals surface area contributed by atoms with Gasteiger partial charge in [0, 0.05) is 26.2 Å². The summed E-state index contributed by atoms with van der Waals surface area (Å²) < 4.78 is 27.2. The first-order valence-corrected chi connectivity index (χ1v) is 13.0. The number of sulfonamides is 1. The summed E-state index contributed by atoms with van der Waals surface area (Å²) in [6.07, 6.45) is 1.95. The molecule has 0 fully saturated rings. The van der Waals surface area contributed by atoms with Crippen LogP contribution in [0.4, 0.5) is 16.2 Å². The second kappa shape index (κ2) is 13.6. The predicted octanol–water partition coefficient (Wildman–Crippen LogP) is 3.37. The van der Waals surface area contributed by atoms with Gasteiger partial charge in [-0.15, -0.1) is 0 Å². The second-order valence-corrected chi connectivity index (χ2v) is 9.58. The van der Waals surface area contributed by atoms with Crippen molar-refractivity contribution in [1.82, 2.24) is 14.9 Å². The molecule has 2 aromatic rings. The fourth-order valence-corrected chi connectivity index (χ4v) is 4.75. The summed E-state index contributed by atoms with van der Waals surface area (Å²) in [7, 11) is -3.66. The SMILES string of the molecule is CCCCNc1ccc(S(=O)(=O)N(CC)CC)cc1NCC(=O)NC(=O)NCc1ccccc1. The highest BCUT2D eigenvalue weighted by Crippen LogP contribution is 2.27. The van der Waals surface area contributed by atoms with Crippen LogP contribution in [0.3, 0.4) is 0 Å². The molecule has 0 aliphatic carbocycles. The fraction of sp³-hybridized carbons (Fsp3) is 0.417. The van der Waals surface area contributed by atoms with E-state index in [4.69, 9.17) is 0 Å². The number of unbranched alkanes of at least 4 members (excludes halogenated alkanes) is 1. The van der Waals surface area contributed by atoms with Gasteiger partial charge < -0.3 is 16.0 Å². The Morgan fingerprint density at radius 1 is 0.912 bits per heavy atom. The van der Waals surface area contributed by atoms with Crippen molar-refractivity contribution in [3.8, 4) is 0 Å². The lowest BCUT2D eigenvalue weighted by Gasteiger charge is -2.20. The first-order chi connectivity index (χ1) is 16.3. The van der Waals surface area contributed by atoms with Gasteiger partial charge in [-0.3, -0.25) is 10.1 Å². The monoisotopic (exact) mass is 489 g/mol. The average molecular weight is 490 g/mol. The van der Waals surface area contributed by atoms with Crippen molar-refractivity contribution in [1.29, 1.82) is 0 Å². The number of urea groups is 1. The first-order valence-electron chi connectivity index (χ1n) is 11.5. The van der Waals surface area contributed by atoms with Crippen LogP contribution < -0.4 is 21.3 Å². The minimum atomic E-state index is -3.66. The third kappa shape index (κ3) is 8.03. The lowest BCUT2D eigenvalue weighted by atomic mass is 10.2. The maximum absolute atomic E-state index is 12.9. The molecule has 186 valence electrons. The van der Waals surface area contributed by atoms with Crippen LogP contribution in [0.1, 0.15) is 39.2 Å². The quantitative estimate of drug-likeness (QED) is 0.320. The molecule has 4 N–H and O–H groups in total. The van der Waals surface area contributed by atoms with Crippen molar-refractivity contribution in [2.45, 2.75) is 45.1 Å². The molecule has 0 aliphatic rings. The summed E-state index contributed by atoms with van der Waals surface area (Å²) in [5.41, 5.74) is 2.08. The number of rotatable bonds is 13. The predicted molar refractivity (Wildman–Crippen MR) is 135 cm³/mol. The number of nitrogens with one attached hydrogen (secondary N) is 4. The summed E-state index contributed by atoms with van der Waals surface area (Å²) in [5, 5.41) is 11.1. The number of carbonyl (C=O) groups excluding carboxylic acids is 2. The minimum Gasteiger partial charge on any atom is -0.383 e. The Morgan fingerprint density at radius 2 is 1.62 bits per heavy atom. The third-order valence-electron chi connectivity index (χ3n) is 5.17. The van der Waals surface area contributed by atoms with Crippen LogP contribution >= 0.6 is 0 Å². The molecule has 9 nitrogen and oxygen atoms in total. The Kier molecular flexibility index (Phi) is 10.8. The summed E-state index contributed by atoms with van der Waals surface area (Å²) >= 11 is 0. The largest absolute Gasteiger partial charge is 0.383 e. The van der Waals surface area contributed by atoms with Crippen LogP contribution in [0, 0.1) is 0 Å². The van der Waals surface area contributed by atoms with Crippen LogP contribution in [-0.4, -0.2) is 50.8 Å². The Hall–Kier alpha value is -3.11. The summed E-state index contributed by atoms with van der Waals surface area (Å²) in [4.78, 5) is 24.5. The lowest BCUT2D eigenvalue weighted by Crippen LogP contribution is -2.41.